The molecule has 47 heavy (non-hydrogen) atoms. The molecule has 2 fully saturated rings. The van der Waals surface area contributed by atoms with Crippen LogP contribution in [0.2, 0.25) is 0 Å². The van der Waals surface area contributed by atoms with Crippen LogP contribution in [-0.4, -0.2) is 90.9 Å². The standard InChI is InChI=1S/C33H41N7O6S/c1-18-29(47-17-34-18)22-10-6-20(7-11-22)24(13-27(43)46-5)35-31(44)25-12-23(42)14-39(25)32(45)30-33(3,4)16-38(19(2)41)15-26-28(21-8-9-21)36-37-40(26)30/h6-7,10-11,17,21,23-25,30,42H,8-9,12-16H2,1-5H3,(H,35,44)/t23-,24+,25+,30-/m1/s1. The summed E-state index contributed by atoms with van der Waals surface area (Å²) in [7, 11) is 1.29. The molecule has 4 heterocycles. The number of β-amino-alcohol motifs (C(OH)–C–C–N with tert-alkyl or cyclic N) is 1. The van der Waals surface area contributed by atoms with Gasteiger partial charge in [0.05, 0.1) is 59.7 Å². The van der Waals surface area contributed by atoms with Gasteiger partial charge in [0.15, 0.2) is 0 Å². The van der Waals surface area contributed by atoms with Gasteiger partial charge in [-0.1, -0.05) is 43.3 Å². The number of hydrogen-bond acceptors (Lipinski definition) is 10. The number of thiazole rings is 1. The second-order valence-corrected chi connectivity index (χ2v) is 14.4. The Morgan fingerprint density at radius 1 is 1.17 bits per heavy atom. The van der Waals surface area contributed by atoms with Gasteiger partial charge in [0.25, 0.3) is 0 Å². The van der Waals surface area contributed by atoms with E-state index in [2.05, 4.69) is 20.6 Å². The topological polar surface area (TPSA) is 160 Å². The first kappa shape index (κ1) is 32.8. The number of aliphatic hydroxyl groups excluding tert-OH is 1. The van der Waals surface area contributed by atoms with E-state index in [9.17, 15) is 24.3 Å². The smallest absolute Gasteiger partial charge is 0.307 e. The Kier molecular flexibility index (Phi) is 8.92. The van der Waals surface area contributed by atoms with Crippen molar-refractivity contribution in [1.82, 2.24) is 35.1 Å². The number of amides is 3. The third-order valence-corrected chi connectivity index (χ3v) is 10.5. The van der Waals surface area contributed by atoms with Crippen molar-refractivity contribution in [2.24, 2.45) is 5.41 Å². The minimum Gasteiger partial charge on any atom is -0.469 e. The van der Waals surface area contributed by atoms with Crippen molar-refractivity contribution >= 4 is 35.0 Å². The van der Waals surface area contributed by atoms with Crippen molar-refractivity contribution in [3.05, 3.63) is 52.4 Å². The lowest BCUT2D eigenvalue weighted by Crippen LogP contribution is -2.52. The van der Waals surface area contributed by atoms with Crippen LogP contribution in [0.5, 0.6) is 0 Å². The first-order chi connectivity index (χ1) is 22.4. The van der Waals surface area contributed by atoms with Crippen LogP contribution in [0.4, 0.5) is 0 Å². The van der Waals surface area contributed by atoms with Gasteiger partial charge in [-0.05, 0) is 30.9 Å². The van der Waals surface area contributed by atoms with Crippen LogP contribution in [0.1, 0.15) is 87.1 Å². The maximum absolute atomic E-state index is 14.6. The number of aromatic nitrogens is 4. The van der Waals surface area contributed by atoms with Crippen molar-refractivity contribution in [2.75, 3.05) is 20.2 Å². The Hall–Kier alpha value is -4.17. The highest BCUT2D eigenvalue weighted by Crippen LogP contribution is 2.45. The molecule has 13 nitrogen and oxygen atoms in total. The highest BCUT2D eigenvalue weighted by atomic mass is 32.1. The fourth-order valence-corrected chi connectivity index (χ4v) is 7.66. The number of aryl methyl sites for hydroxylation is 1. The molecule has 1 aliphatic carbocycles. The summed E-state index contributed by atoms with van der Waals surface area (Å²) < 4.78 is 6.58. The zero-order valence-corrected chi connectivity index (χ0v) is 28.1. The van der Waals surface area contributed by atoms with Gasteiger partial charge < -0.3 is 25.0 Å². The molecular weight excluding hydrogens is 622 g/mol. The monoisotopic (exact) mass is 663 g/mol. The number of fused-ring (bicyclic) bond motifs is 1. The Balaban J connectivity index is 1.28. The normalized spacial score (nSPS) is 22.7. The third kappa shape index (κ3) is 6.53. The predicted octanol–water partition coefficient (Wildman–Crippen LogP) is 2.90. The summed E-state index contributed by atoms with van der Waals surface area (Å²) in [5.74, 6) is -1.22. The van der Waals surface area contributed by atoms with E-state index in [1.165, 1.54) is 30.3 Å². The number of hydrogen-bond donors (Lipinski definition) is 2. The maximum atomic E-state index is 14.6. The molecular formula is C33H41N7O6S. The number of esters is 1. The molecule has 1 saturated heterocycles. The number of benzene rings is 1. The van der Waals surface area contributed by atoms with E-state index in [0.717, 1.165) is 40.4 Å². The van der Waals surface area contributed by atoms with Gasteiger partial charge in [0, 0.05) is 37.8 Å². The number of carbonyl (C=O) groups excluding carboxylic acids is 4. The lowest BCUT2D eigenvalue weighted by Gasteiger charge is -2.37. The molecule has 3 aliphatic rings. The summed E-state index contributed by atoms with van der Waals surface area (Å²) in [5.41, 5.74) is 5.14. The van der Waals surface area contributed by atoms with Crippen LogP contribution in [0.25, 0.3) is 10.4 Å². The molecule has 0 unspecified atom stereocenters. The SMILES string of the molecule is COC(=O)C[C@H](NC(=O)[C@@H]1C[C@@H](O)CN1C(=O)[C@H]1n2nnc(C3CC3)c2CN(C(C)=O)CC1(C)C)c1ccc(-c2scnc2C)cc1. The summed E-state index contributed by atoms with van der Waals surface area (Å²) in [4.78, 5) is 62.2. The van der Waals surface area contributed by atoms with Gasteiger partial charge in [0.2, 0.25) is 17.7 Å². The van der Waals surface area contributed by atoms with Crippen molar-refractivity contribution in [3.63, 3.8) is 0 Å². The van der Waals surface area contributed by atoms with Gasteiger partial charge in [-0.3, -0.25) is 19.2 Å². The summed E-state index contributed by atoms with van der Waals surface area (Å²) >= 11 is 1.53. The number of aliphatic hydroxyl groups is 1. The van der Waals surface area contributed by atoms with Crippen molar-refractivity contribution in [1.29, 1.82) is 0 Å². The van der Waals surface area contributed by atoms with Crippen LogP contribution in [0.3, 0.4) is 0 Å². The van der Waals surface area contributed by atoms with Crippen molar-refractivity contribution in [2.45, 2.75) is 90.1 Å². The minimum absolute atomic E-state index is 0.0377. The van der Waals surface area contributed by atoms with Gasteiger partial charge in [-0.25, -0.2) is 9.67 Å². The Morgan fingerprint density at radius 2 is 1.89 bits per heavy atom. The lowest BCUT2D eigenvalue weighted by atomic mass is 9.83. The Morgan fingerprint density at radius 3 is 2.51 bits per heavy atom. The Labute approximate surface area is 277 Å². The van der Waals surface area contributed by atoms with Crippen LogP contribution in [0.15, 0.2) is 29.8 Å². The molecule has 0 bridgehead atoms. The fourth-order valence-electron chi connectivity index (χ4n) is 6.85. The van der Waals surface area contributed by atoms with E-state index < -0.39 is 41.5 Å². The average Bonchev–Trinajstić information content (AvgIpc) is 3.51. The van der Waals surface area contributed by atoms with Gasteiger partial charge >= 0.3 is 5.97 Å². The maximum Gasteiger partial charge on any atom is 0.307 e. The van der Waals surface area contributed by atoms with Crippen LogP contribution >= 0.6 is 11.3 Å². The van der Waals surface area contributed by atoms with E-state index in [0.29, 0.717) is 18.7 Å². The first-order valence-electron chi connectivity index (χ1n) is 15.9. The molecule has 4 atom stereocenters. The van der Waals surface area contributed by atoms with Crippen LogP contribution in [-0.2, 0) is 30.5 Å². The number of ether oxygens (including phenoxy) is 1. The number of nitrogens with zero attached hydrogens (tertiary/aromatic N) is 6. The van der Waals surface area contributed by atoms with E-state index in [4.69, 9.17) is 4.74 Å². The summed E-state index contributed by atoms with van der Waals surface area (Å²) in [5, 5.41) is 22.7. The molecule has 1 aromatic carbocycles. The number of methoxy groups -OCH3 is 1. The average molecular weight is 664 g/mol. The van der Waals surface area contributed by atoms with Gasteiger partial charge in [-0.15, -0.1) is 16.4 Å². The molecule has 2 aromatic heterocycles. The molecule has 2 aliphatic heterocycles. The number of carbonyl (C=O) groups is 4. The van der Waals surface area contributed by atoms with Crippen molar-refractivity contribution < 1.29 is 29.0 Å². The molecule has 1 saturated carbocycles. The molecule has 0 spiro atoms. The molecule has 250 valence electrons. The van der Waals surface area contributed by atoms with Crippen LogP contribution in [0, 0.1) is 12.3 Å². The zero-order chi connectivity index (χ0) is 33.6. The second kappa shape index (κ2) is 12.8. The summed E-state index contributed by atoms with van der Waals surface area (Å²) in [6, 6.07) is 4.96. The minimum atomic E-state index is -0.991. The summed E-state index contributed by atoms with van der Waals surface area (Å²) in [6.07, 6.45) is 0.961. The van der Waals surface area contributed by atoms with E-state index in [1.54, 1.807) is 15.1 Å². The molecule has 0 radical (unpaired) electrons. The molecule has 14 heteroatoms. The quantitative estimate of drug-likeness (QED) is 0.346. The van der Waals surface area contributed by atoms with E-state index in [-0.39, 0.29) is 37.1 Å². The van der Waals surface area contributed by atoms with Crippen molar-refractivity contribution in [3.8, 4) is 10.4 Å². The fraction of sp³-hybridized carbons (Fsp3) is 0.545. The third-order valence-electron chi connectivity index (χ3n) is 9.49. The molecule has 3 amide bonds. The van der Waals surface area contributed by atoms with Gasteiger partial charge in [-0.2, -0.15) is 0 Å². The molecule has 2 N–H and O–H groups in total. The lowest BCUT2D eigenvalue weighted by molar-refractivity contribution is -0.146. The molecule has 3 aromatic rings. The first-order valence-corrected chi connectivity index (χ1v) is 16.8. The van der Waals surface area contributed by atoms with Crippen LogP contribution < -0.4 is 5.32 Å². The number of nitrogens with one attached hydrogen (secondary N) is 1. The summed E-state index contributed by atoms with van der Waals surface area (Å²) in [6.45, 7) is 7.83. The van der Waals surface area contributed by atoms with Gasteiger partial charge in [0.1, 0.15) is 12.1 Å². The highest BCUT2D eigenvalue weighted by Gasteiger charge is 2.50. The predicted molar refractivity (Wildman–Crippen MR) is 172 cm³/mol. The molecule has 6 rings (SSSR count). The number of rotatable bonds is 8. The largest absolute Gasteiger partial charge is 0.469 e. The van der Waals surface area contributed by atoms with E-state index in [1.807, 2.05) is 45.0 Å². The second-order valence-electron chi connectivity index (χ2n) is 13.5. The Bertz CT molecular complexity index is 1680. The highest BCUT2D eigenvalue weighted by molar-refractivity contribution is 7.13. The zero-order valence-electron chi connectivity index (χ0n) is 27.3. The van der Waals surface area contributed by atoms with E-state index >= 15 is 0 Å². The number of likely N-dealkylation sites (tertiary alicyclic amines) is 1.